The molecule has 0 fully saturated rings. The summed E-state index contributed by atoms with van der Waals surface area (Å²) >= 11 is 0. The van der Waals surface area contributed by atoms with Crippen molar-refractivity contribution >= 4 is 15.9 Å². The number of hydrogen-bond acceptors (Lipinski definition) is 4. The average molecular weight is 458 g/mol. The molecule has 174 valence electrons. The number of benzene rings is 2. The predicted molar refractivity (Wildman–Crippen MR) is 128 cm³/mol. The lowest BCUT2D eigenvalue weighted by molar-refractivity contribution is -0.124. The minimum atomic E-state index is -3.77. The second-order valence-corrected chi connectivity index (χ2v) is 11.6. The van der Waals surface area contributed by atoms with Crippen LogP contribution in [0.1, 0.15) is 44.4 Å². The van der Waals surface area contributed by atoms with E-state index in [9.17, 15) is 13.2 Å². The van der Waals surface area contributed by atoms with Gasteiger partial charge in [-0.1, -0.05) is 62.7 Å². The molecule has 0 aliphatic carbocycles. The summed E-state index contributed by atoms with van der Waals surface area (Å²) < 4.78 is 27.9. The lowest BCUT2D eigenvalue weighted by Gasteiger charge is -2.38. The van der Waals surface area contributed by atoms with E-state index in [-0.39, 0.29) is 22.3 Å². The summed E-state index contributed by atoms with van der Waals surface area (Å²) in [5, 5.41) is 3.10. The first-order valence-electron chi connectivity index (χ1n) is 11.1. The monoisotopic (exact) mass is 457 g/mol. The first kappa shape index (κ1) is 24.4. The summed E-state index contributed by atoms with van der Waals surface area (Å²) in [4.78, 5) is 15.5. The topological polar surface area (TPSA) is 78.5 Å². The van der Waals surface area contributed by atoms with Crippen LogP contribution in [-0.4, -0.2) is 44.4 Å². The van der Waals surface area contributed by atoms with Gasteiger partial charge in [0.25, 0.3) is 0 Å². The molecule has 2 aromatic rings. The summed E-state index contributed by atoms with van der Waals surface area (Å²) in [5.41, 5.74) is 3.52. The SMILES string of the molecule is Cc1ccc(S(=O)(=O)N[C@@H](C)C(=O)N[C@@H](CN2CCc3ccccc3C2)C(C)(C)C)cc1. The zero-order chi connectivity index (χ0) is 23.5. The first-order chi connectivity index (χ1) is 15.0. The molecular formula is C25H35N3O3S. The van der Waals surface area contributed by atoms with Crippen molar-refractivity contribution in [2.45, 2.75) is 64.6 Å². The van der Waals surface area contributed by atoms with Gasteiger partial charge in [-0.3, -0.25) is 9.69 Å². The van der Waals surface area contributed by atoms with E-state index in [1.807, 2.05) is 6.92 Å². The van der Waals surface area contributed by atoms with Gasteiger partial charge in [0, 0.05) is 25.7 Å². The highest BCUT2D eigenvalue weighted by Gasteiger charge is 2.31. The second-order valence-electron chi connectivity index (χ2n) is 9.84. The van der Waals surface area contributed by atoms with E-state index in [2.05, 4.69) is 60.0 Å². The van der Waals surface area contributed by atoms with Crippen molar-refractivity contribution in [2.24, 2.45) is 5.41 Å². The largest absolute Gasteiger partial charge is 0.350 e. The second kappa shape index (κ2) is 9.73. The molecular weight excluding hydrogens is 422 g/mol. The zero-order valence-corrected chi connectivity index (χ0v) is 20.5. The van der Waals surface area contributed by atoms with Gasteiger partial charge < -0.3 is 5.32 Å². The molecule has 1 amide bonds. The molecule has 6 nitrogen and oxygen atoms in total. The molecule has 2 N–H and O–H groups in total. The van der Waals surface area contributed by atoms with E-state index >= 15 is 0 Å². The van der Waals surface area contributed by atoms with Crippen molar-refractivity contribution in [1.29, 1.82) is 0 Å². The van der Waals surface area contributed by atoms with Crippen LogP contribution in [0.3, 0.4) is 0 Å². The average Bonchev–Trinajstić information content (AvgIpc) is 2.72. The standard InChI is InChI=1S/C25H35N3O3S/c1-18-10-12-22(13-11-18)32(30,31)27-19(2)24(29)26-23(25(3,4)5)17-28-15-14-20-8-6-7-9-21(20)16-28/h6-13,19,23,27H,14-17H2,1-5H3,(H,26,29)/t19-,23-/m0/s1. The third kappa shape index (κ3) is 6.18. The molecule has 0 spiro atoms. The third-order valence-electron chi connectivity index (χ3n) is 6.07. The number of fused-ring (bicyclic) bond motifs is 1. The third-order valence-corrected chi connectivity index (χ3v) is 7.63. The number of aryl methyl sites for hydroxylation is 1. The van der Waals surface area contributed by atoms with Crippen molar-refractivity contribution in [1.82, 2.24) is 14.9 Å². The highest BCUT2D eigenvalue weighted by atomic mass is 32.2. The Balaban J connectivity index is 1.65. The van der Waals surface area contributed by atoms with Crippen LogP contribution in [0.2, 0.25) is 0 Å². The molecule has 32 heavy (non-hydrogen) atoms. The van der Waals surface area contributed by atoms with Gasteiger partial charge in [-0.2, -0.15) is 4.72 Å². The van der Waals surface area contributed by atoms with Gasteiger partial charge in [-0.15, -0.1) is 0 Å². The molecule has 0 bridgehead atoms. The molecule has 7 heteroatoms. The Labute approximate surface area is 192 Å². The number of hydrogen-bond donors (Lipinski definition) is 2. The highest BCUT2D eigenvalue weighted by Crippen LogP contribution is 2.24. The number of sulfonamides is 1. The van der Waals surface area contributed by atoms with Gasteiger partial charge in [0.15, 0.2) is 0 Å². The number of carbonyl (C=O) groups excluding carboxylic acids is 1. The van der Waals surface area contributed by atoms with Crippen molar-refractivity contribution in [3.63, 3.8) is 0 Å². The Bertz CT molecular complexity index is 1040. The van der Waals surface area contributed by atoms with E-state index in [4.69, 9.17) is 0 Å². The first-order valence-corrected chi connectivity index (χ1v) is 12.6. The molecule has 1 aliphatic rings. The summed E-state index contributed by atoms with van der Waals surface area (Å²) in [6.45, 7) is 12.3. The number of amides is 1. The van der Waals surface area contributed by atoms with E-state index in [1.54, 1.807) is 31.2 Å². The molecule has 1 aliphatic heterocycles. The maximum Gasteiger partial charge on any atom is 0.241 e. The van der Waals surface area contributed by atoms with Crippen LogP contribution in [0, 0.1) is 12.3 Å². The Morgan fingerprint density at radius 2 is 1.69 bits per heavy atom. The van der Waals surface area contributed by atoms with Crippen LogP contribution < -0.4 is 10.0 Å². The van der Waals surface area contributed by atoms with Crippen LogP contribution >= 0.6 is 0 Å². The minimum absolute atomic E-state index is 0.119. The summed E-state index contributed by atoms with van der Waals surface area (Å²) in [6.07, 6.45) is 0.994. The quantitative estimate of drug-likeness (QED) is 0.669. The summed E-state index contributed by atoms with van der Waals surface area (Å²) in [5.74, 6) is -0.321. The molecule has 2 aromatic carbocycles. The van der Waals surface area contributed by atoms with E-state index in [1.165, 1.54) is 11.1 Å². The summed E-state index contributed by atoms with van der Waals surface area (Å²) in [7, 11) is -3.77. The molecule has 3 rings (SSSR count). The van der Waals surface area contributed by atoms with Gasteiger partial charge in [-0.25, -0.2) is 8.42 Å². The number of nitrogens with zero attached hydrogens (tertiary/aromatic N) is 1. The fourth-order valence-electron chi connectivity index (χ4n) is 3.87. The van der Waals surface area contributed by atoms with Crippen LogP contribution in [0.5, 0.6) is 0 Å². The smallest absolute Gasteiger partial charge is 0.241 e. The van der Waals surface area contributed by atoms with Crippen molar-refractivity contribution in [3.05, 3.63) is 65.2 Å². The fraction of sp³-hybridized carbons (Fsp3) is 0.480. The molecule has 0 saturated carbocycles. The zero-order valence-electron chi connectivity index (χ0n) is 19.7. The van der Waals surface area contributed by atoms with E-state index in [0.717, 1.165) is 25.1 Å². The van der Waals surface area contributed by atoms with Crippen LogP contribution in [0.4, 0.5) is 0 Å². The lowest BCUT2D eigenvalue weighted by Crippen LogP contribution is -2.55. The molecule has 0 unspecified atom stereocenters. The minimum Gasteiger partial charge on any atom is -0.350 e. The van der Waals surface area contributed by atoms with Crippen LogP contribution in [0.25, 0.3) is 0 Å². The van der Waals surface area contributed by atoms with Gasteiger partial charge in [0.2, 0.25) is 15.9 Å². The van der Waals surface area contributed by atoms with E-state index in [0.29, 0.717) is 6.54 Å². The molecule has 2 atom stereocenters. The van der Waals surface area contributed by atoms with E-state index < -0.39 is 16.1 Å². The van der Waals surface area contributed by atoms with Crippen molar-refractivity contribution < 1.29 is 13.2 Å². The van der Waals surface area contributed by atoms with Gasteiger partial charge >= 0.3 is 0 Å². The molecule has 0 saturated heterocycles. The summed E-state index contributed by atoms with van der Waals surface area (Å²) in [6, 6.07) is 14.1. The van der Waals surface area contributed by atoms with Crippen molar-refractivity contribution in [3.8, 4) is 0 Å². The van der Waals surface area contributed by atoms with Crippen molar-refractivity contribution in [2.75, 3.05) is 13.1 Å². The lowest BCUT2D eigenvalue weighted by atomic mass is 9.85. The Kier molecular flexibility index (Phi) is 7.43. The maximum atomic E-state index is 12.9. The Morgan fingerprint density at radius 3 is 2.31 bits per heavy atom. The Hall–Kier alpha value is -2.22. The molecule has 0 aromatic heterocycles. The van der Waals surface area contributed by atoms with Gasteiger partial charge in [0.1, 0.15) is 0 Å². The number of rotatable bonds is 7. The van der Waals surface area contributed by atoms with Crippen LogP contribution in [-0.2, 0) is 27.8 Å². The Morgan fingerprint density at radius 1 is 1.06 bits per heavy atom. The predicted octanol–water partition coefficient (Wildman–Crippen LogP) is 3.25. The normalized spacial score (nSPS) is 16.8. The van der Waals surface area contributed by atoms with Gasteiger partial charge in [-0.05, 0) is 48.9 Å². The fourth-order valence-corrected chi connectivity index (χ4v) is 5.08. The number of carbonyl (C=O) groups is 1. The number of nitrogens with one attached hydrogen (secondary N) is 2. The molecule has 1 heterocycles. The van der Waals surface area contributed by atoms with Crippen LogP contribution in [0.15, 0.2) is 53.4 Å². The maximum absolute atomic E-state index is 12.9. The van der Waals surface area contributed by atoms with Gasteiger partial charge in [0.05, 0.1) is 10.9 Å². The molecule has 0 radical (unpaired) electrons. The highest BCUT2D eigenvalue weighted by molar-refractivity contribution is 7.89.